The number of anilines is 1. The smallest absolute Gasteiger partial charge is 0.321 e. The summed E-state index contributed by atoms with van der Waals surface area (Å²) in [6, 6.07) is 5.26. The molecule has 0 saturated carbocycles. The molecular weight excluding hydrogens is 339 g/mol. The van der Waals surface area contributed by atoms with E-state index in [1.807, 2.05) is 0 Å². The lowest BCUT2D eigenvalue weighted by molar-refractivity contribution is 0.0950. The molecule has 2 aliphatic heterocycles. The van der Waals surface area contributed by atoms with Crippen molar-refractivity contribution in [2.75, 3.05) is 31.1 Å². The topological polar surface area (TPSA) is 73.5 Å². The lowest BCUT2D eigenvalue weighted by Crippen LogP contribution is -2.37. The molecule has 3 amide bonds. The van der Waals surface area contributed by atoms with Crippen LogP contribution >= 0.6 is 24.0 Å². The third-order valence-electron chi connectivity index (χ3n) is 4.03. The SMILES string of the molecule is Cl.O=C(NCC1CCCN1)c1cc(N2CCNC2=O)ccc1Cl. The standard InChI is InChI=1S/C15H19ClN4O2.ClH/c16-13-4-3-11(20-7-6-18-15(20)22)8-12(13)14(21)19-9-10-2-1-5-17-10;/h3-4,8,10,17H,1-2,5-7,9H2,(H,18,22)(H,19,21);1H. The van der Waals surface area contributed by atoms with Crippen molar-refractivity contribution in [1.82, 2.24) is 16.0 Å². The molecule has 23 heavy (non-hydrogen) atoms. The molecule has 2 saturated heterocycles. The van der Waals surface area contributed by atoms with Gasteiger partial charge in [0.1, 0.15) is 0 Å². The highest BCUT2D eigenvalue weighted by atomic mass is 35.5. The van der Waals surface area contributed by atoms with Gasteiger partial charge in [0.25, 0.3) is 5.91 Å². The summed E-state index contributed by atoms with van der Waals surface area (Å²) in [5.74, 6) is -0.208. The van der Waals surface area contributed by atoms with E-state index < -0.39 is 0 Å². The van der Waals surface area contributed by atoms with Gasteiger partial charge in [0, 0.05) is 31.4 Å². The first-order chi connectivity index (χ1) is 10.6. The lowest BCUT2D eigenvalue weighted by atomic mass is 10.1. The van der Waals surface area contributed by atoms with Gasteiger partial charge in [-0.3, -0.25) is 9.69 Å². The van der Waals surface area contributed by atoms with Crippen LogP contribution in [0.2, 0.25) is 5.02 Å². The predicted octanol–water partition coefficient (Wildman–Crippen LogP) is 1.77. The van der Waals surface area contributed by atoms with Crippen molar-refractivity contribution in [3.05, 3.63) is 28.8 Å². The molecule has 0 bridgehead atoms. The van der Waals surface area contributed by atoms with Gasteiger partial charge in [-0.1, -0.05) is 11.6 Å². The molecule has 1 aromatic carbocycles. The average molecular weight is 359 g/mol. The Bertz CT molecular complexity index is 591. The fourth-order valence-electron chi connectivity index (χ4n) is 2.82. The Balaban J connectivity index is 0.00000192. The molecule has 1 aromatic rings. The number of urea groups is 1. The summed E-state index contributed by atoms with van der Waals surface area (Å²) >= 11 is 6.13. The van der Waals surface area contributed by atoms with E-state index >= 15 is 0 Å². The maximum Gasteiger partial charge on any atom is 0.321 e. The van der Waals surface area contributed by atoms with E-state index in [1.54, 1.807) is 23.1 Å². The predicted molar refractivity (Wildman–Crippen MR) is 92.8 cm³/mol. The molecule has 0 spiro atoms. The quantitative estimate of drug-likeness (QED) is 0.767. The fourth-order valence-corrected chi connectivity index (χ4v) is 3.02. The van der Waals surface area contributed by atoms with Crippen LogP contribution in [0.5, 0.6) is 0 Å². The third kappa shape index (κ3) is 4.07. The minimum atomic E-state index is -0.208. The molecule has 126 valence electrons. The van der Waals surface area contributed by atoms with Crippen molar-refractivity contribution in [3.8, 4) is 0 Å². The van der Waals surface area contributed by atoms with E-state index in [2.05, 4.69) is 16.0 Å². The Labute approximate surface area is 146 Å². The number of rotatable bonds is 4. The fraction of sp³-hybridized carbons (Fsp3) is 0.467. The monoisotopic (exact) mass is 358 g/mol. The van der Waals surface area contributed by atoms with Crippen LogP contribution < -0.4 is 20.9 Å². The molecule has 1 atom stereocenters. The highest BCUT2D eigenvalue weighted by Crippen LogP contribution is 2.24. The Kier molecular flexibility index (Phi) is 6.10. The highest BCUT2D eigenvalue weighted by Gasteiger charge is 2.23. The normalized spacial score (nSPS) is 20.1. The third-order valence-corrected chi connectivity index (χ3v) is 4.36. The zero-order chi connectivity index (χ0) is 15.5. The number of nitrogens with zero attached hydrogens (tertiary/aromatic N) is 1. The van der Waals surface area contributed by atoms with Crippen LogP contribution in [0, 0.1) is 0 Å². The zero-order valence-corrected chi connectivity index (χ0v) is 14.2. The molecule has 2 aliphatic rings. The van der Waals surface area contributed by atoms with Crippen LogP contribution in [0.4, 0.5) is 10.5 Å². The molecule has 6 nitrogen and oxygen atoms in total. The zero-order valence-electron chi connectivity index (χ0n) is 12.6. The van der Waals surface area contributed by atoms with Crippen molar-refractivity contribution in [3.63, 3.8) is 0 Å². The largest absolute Gasteiger partial charge is 0.350 e. The molecule has 8 heteroatoms. The number of hydrogen-bond donors (Lipinski definition) is 3. The summed E-state index contributed by atoms with van der Waals surface area (Å²) in [5.41, 5.74) is 1.08. The number of benzene rings is 1. The molecule has 3 rings (SSSR count). The average Bonchev–Trinajstić information content (AvgIpc) is 3.17. The van der Waals surface area contributed by atoms with Crippen molar-refractivity contribution in [1.29, 1.82) is 0 Å². The van der Waals surface area contributed by atoms with Gasteiger partial charge in [-0.2, -0.15) is 0 Å². The Morgan fingerprint density at radius 1 is 1.39 bits per heavy atom. The van der Waals surface area contributed by atoms with Gasteiger partial charge in [-0.15, -0.1) is 12.4 Å². The molecular formula is C15H20Cl2N4O2. The van der Waals surface area contributed by atoms with Gasteiger partial charge in [-0.25, -0.2) is 4.79 Å². The van der Waals surface area contributed by atoms with Gasteiger partial charge >= 0.3 is 6.03 Å². The van der Waals surface area contributed by atoms with Crippen molar-refractivity contribution >= 4 is 41.6 Å². The van der Waals surface area contributed by atoms with Crippen LogP contribution in [-0.4, -0.2) is 44.2 Å². The summed E-state index contributed by atoms with van der Waals surface area (Å²) in [5, 5.41) is 9.36. The molecule has 0 aliphatic carbocycles. The number of nitrogens with one attached hydrogen (secondary N) is 3. The highest BCUT2D eigenvalue weighted by molar-refractivity contribution is 6.34. The number of carbonyl (C=O) groups is 2. The van der Waals surface area contributed by atoms with Gasteiger partial charge in [0.2, 0.25) is 0 Å². The first-order valence-electron chi connectivity index (χ1n) is 7.51. The summed E-state index contributed by atoms with van der Waals surface area (Å²) < 4.78 is 0. The molecule has 2 heterocycles. The summed E-state index contributed by atoms with van der Waals surface area (Å²) in [4.78, 5) is 25.6. The second kappa shape index (κ2) is 7.86. The molecule has 0 radical (unpaired) electrons. The molecule has 0 aromatic heterocycles. The Morgan fingerprint density at radius 2 is 2.22 bits per heavy atom. The van der Waals surface area contributed by atoms with Crippen molar-refractivity contribution in [2.24, 2.45) is 0 Å². The lowest BCUT2D eigenvalue weighted by Gasteiger charge is -2.17. The van der Waals surface area contributed by atoms with Gasteiger partial charge in [0.05, 0.1) is 10.6 Å². The van der Waals surface area contributed by atoms with E-state index in [4.69, 9.17) is 11.6 Å². The molecule has 3 N–H and O–H groups in total. The maximum atomic E-state index is 12.3. The molecule has 2 fully saturated rings. The van der Waals surface area contributed by atoms with E-state index in [-0.39, 0.29) is 24.3 Å². The minimum absolute atomic E-state index is 0. The van der Waals surface area contributed by atoms with E-state index in [9.17, 15) is 9.59 Å². The van der Waals surface area contributed by atoms with Crippen LogP contribution in [0.15, 0.2) is 18.2 Å². The van der Waals surface area contributed by atoms with Gasteiger partial charge < -0.3 is 16.0 Å². The Hall–Kier alpha value is -1.50. The number of hydrogen-bond acceptors (Lipinski definition) is 3. The maximum absolute atomic E-state index is 12.3. The van der Waals surface area contributed by atoms with E-state index in [0.717, 1.165) is 19.4 Å². The second-order valence-electron chi connectivity index (χ2n) is 5.55. The molecule has 1 unspecified atom stereocenters. The minimum Gasteiger partial charge on any atom is -0.350 e. The van der Waals surface area contributed by atoms with Gasteiger partial charge in [-0.05, 0) is 37.6 Å². The summed E-state index contributed by atoms with van der Waals surface area (Å²) in [6.07, 6.45) is 2.21. The van der Waals surface area contributed by atoms with Crippen LogP contribution in [-0.2, 0) is 0 Å². The van der Waals surface area contributed by atoms with Crippen molar-refractivity contribution in [2.45, 2.75) is 18.9 Å². The van der Waals surface area contributed by atoms with Crippen LogP contribution in [0.1, 0.15) is 23.2 Å². The van der Waals surface area contributed by atoms with E-state index in [0.29, 0.717) is 41.9 Å². The van der Waals surface area contributed by atoms with Crippen molar-refractivity contribution < 1.29 is 9.59 Å². The Morgan fingerprint density at radius 3 is 2.87 bits per heavy atom. The number of carbonyl (C=O) groups excluding carboxylic acids is 2. The summed E-state index contributed by atoms with van der Waals surface area (Å²) in [6.45, 7) is 2.79. The summed E-state index contributed by atoms with van der Waals surface area (Å²) in [7, 11) is 0. The van der Waals surface area contributed by atoms with E-state index in [1.165, 1.54) is 0 Å². The first kappa shape index (κ1) is 17.8. The number of amides is 3. The number of halogens is 2. The van der Waals surface area contributed by atoms with Crippen LogP contribution in [0.3, 0.4) is 0 Å². The first-order valence-corrected chi connectivity index (χ1v) is 7.89. The second-order valence-corrected chi connectivity index (χ2v) is 5.96. The van der Waals surface area contributed by atoms with Gasteiger partial charge in [0.15, 0.2) is 0 Å². The van der Waals surface area contributed by atoms with Crippen LogP contribution in [0.25, 0.3) is 0 Å².